The summed E-state index contributed by atoms with van der Waals surface area (Å²) in [6, 6.07) is 12.4. The molecule has 0 radical (unpaired) electrons. The fourth-order valence-corrected chi connectivity index (χ4v) is 4.21. The largest absolute Gasteiger partial charge is 0.384 e. The van der Waals surface area contributed by atoms with Gasteiger partial charge in [-0.3, -0.25) is 9.78 Å². The number of fused-ring (bicyclic) bond motifs is 1. The van der Waals surface area contributed by atoms with Crippen LogP contribution >= 0.6 is 0 Å². The first-order valence-electron chi connectivity index (χ1n) is 10.2. The predicted molar refractivity (Wildman–Crippen MR) is 117 cm³/mol. The standard InChI is InChI=1S/C23H27N5O/c1-15-4-6-18-11-17(7-8-20(18)27-15)19-13-26-22(24)12-21(19)28-10-2-3-16(14-28)5-9-23(25)29/h4,6-8,11-13,16H,2-3,5,9-10,14H2,1H3,(H2,24,26)(H2,25,29). The fraction of sp³-hybridized carbons (Fsp3) is 0.348. The van der Waals surface area contributed by atoms with Crippen LogP contribution in [0, 0.1) is 12.8 Å². The SMILES string of the molecule is Cc1ccc2cc(-c3cnc(N)cc3N3CCCC(CCC(N)=O)C3)ccc2n1. The van der Waals surface area contributed by atoms with Gasteiger partial charge in [-0.1, -0.05) is 12.1 Å². The van der Waals surface area contributed by atoms with Gasteiger partial charge in [0.05, 0.1) is 5.52 Å². The third-order valence-corrected chi connectivity index (χ3v) is 5.70. The number of pyridine rings is 2. The molecule has 1 fully saturated rings. The number of rotatable bonds is 5. The summed E-state index contributed by atoms with van der Waals surface area (Å²) in [4.78, 5) is 22.5. The van der Waals surface area contributed by atoms with Crippen molar-refractivity contribution in [2.75, 3.05) is 23.7 Å². The number of nitrogen functional groups attached to an aromatic ring is 1. The number of carbonyl (C=O) groups excluding carboxylic acids is 1. The normalized spacial score (nSPS) is 16.9. The van der Waals surface area contributed by atoms with Crippen LogP contribution < -0.4 is 16.4 Å². The zero-order valence-corrected chi connectivity index (χ0v) is 16.8. The molecule has 2 aromatic heterocycles. The highest BCUT2D eigenvalue weighted by atomic mass is 16.1. The van der Waals surface area contributed by atoms with Crippen LogP contribution in [0.2, 0.25) is 0 Å². The second-order valence-corrected chi connectivity index (χ2v) is 7.95. The minimum atomic E-state index is -0.226. The summed E-state index contributed by atoms with van der Waals surface area (Å²) in [6.45, 7) is 3.87. The Kier molecular flexibility index (Phi) is 5.34. The number of nitrogens with two attached hydrogens (primary N) is 2. The summed E-state index contributed by atoms with van der Waals surface area (Å²) in [7, 11) is 0. The van der Waals surface area contributed by atoms with Crippen molar-refractivity contribution in [1.82, 2.24) is 9.97 Å². The number of aromatic nitrogens is 2. The summed E-state index contributed by atoms with van der Waals surface area (Å²) in [5, 5.41) is 1.11. The van der Waals surface area contributed by atoms with Crippen molar-refractivity contribution in [2.24, 2.45) is 11.7 Å². The van der Waals surface area contributed by atoms with E-state index in [0.717, 1.165) is 65.8 Å². The minimum absolute atomic E-state index is 0.226. The average Bonchev–Trinajstić information content (AvgIpc) is 2.72. The van der Waals surface area contributed by atoms with Gasteiger partial charge in [-0.15, -0.1) is 0 Å². The quantitative estimate of drug-likeness (QED) is 0.694. The molecule has 6 heteroatoms. The van der Waals surface area contributed by atoms with E-state index in [1.165, 1.54) is 0 Å². The summed E-state index contributed by atoms with van der Waals surface area (Å²) in [6.07, 6.45) is 5.36. The molecule has 6 nitrogen and oxygen atoms in total. The van der Waals surface area contributed by atoms with E-state index in [0.29, 0.717) is 18.2 Å². The van der Waals surface area contributed by atoms with Crippen molar-refractivity contribution in [3.8, 4) is 11.1 Å². The first kappa shape index (κ1) is 19.2. The van der Waals surface area contributed by atoms with E-state index in [2.05, 4.69) is 39.1 Å². The summed E-state index contributed by atoms with van der Waals surface area (Å²) in [5.74, 6) is 0.749. The maximum absolute atomic E-state index is 11.2. The number of hydrogen-bond acceptors (Lipinski definition) is 5. The van der Waals surface area contributed by atoms with Gasteiger partial charge in [0.2, 0.25) is 5.91 Å². The Morgan fingerprint density at radius 1 is 1.24 bits per heavy atom. The highest BCUT2D eigenvalue weighted by Crippen LogP contribution is 2.36. The van der Waals surface area contributed by atoms with Crippen LogP contribution in [-0.4, -0.2) is 29.0 Å². The molecule has 0 saturated carbocycles. The molecule has 1 aliphatic rings. The van der Waals surface area contributed by atoms with Crippen LogP contribution in [0.25, 0.3) is 22.0 Å². The maximum atomic E-state index is 11.2. The van der Waals surface area contributed by atoms with Crippen LogP contribution in [0.3, 0.4) is 0 Å². The lowest BCUT2D eigenvalue weighted by Crippen LogP contribution is -2.36. The van der Waals surface area contributed by atoms with Gasteiger partial charge in [0, 0.05) is 54.1 Å². The Bertz CT molecular complexity index is 1050. The van der Waals surface area contributed by atoms with Gasteiger partial charge < -0.3 is 16.4 Å². The number of hydrogen-bond donors (Lipinski definition) is 2. The molecule has 0 spiro atoms. The van der Waals surface area contributed by atoms with Crippen LogP contribution in [0.5, 0.6) is 0 Å². The molecular weight excluding hydrogens is 362 g/mol. The van der Waals surface area contributed by atoms with E-state index < -0.39 is 0 Å². The molecule has 1 aromatic carbocycles. The van der Waals surface area contributed by atoms with Crippen LogP contribution in [0.15, 0.2) is 42.6 Å². The van der Waals surface area contributed by atoms with Crippen LogP contribution in [0.4, 0.5) is 11.5 Å². The molecule has 29 heavy (non-hydrogen) atoms. The van der Waals surface area contributed by atoms with Gasteiger partial charge in [0.25, 0.3) is 0 Å². The van der Waals surface area contributed by atoms with E-state index in [1.807, 2.05) is 25.3 Å². The lowest BCUT2D eigenvalue weighted by atomic mass is 9.92. The number of nitrogens with zero attached hydrogens (tertiary/aromatic N) is 3. The molecule has 4 N–H and O–H groups in total. The minimum Gasteiger partial charge on any atom is -0.384 e. The van der Waals surface area contributed by atoms with Crippen LogP contribution in [0.1, 0.15) is 31.4 Å². The number of benzene rings is 1. The molecule has 1 aliphatic heterocycles. The molecule has 0 aliphatic carbocycles. The number of carbonyl (C=O) groups is 1. The molecule has 0 bridgehead atoms. The first-order valence-corrected chi connectivity index (χ1v) is 10.2. The topological polar surface area (TPSA) is 98.1 Å². The molecule has 3 heterocycles. The number of amides is 1. The Morgan fingerprint density at radius 3 is 2.93 bits per heavy atom. The van der Waals surface area contributed by atoms with E-state index in [4.69, 9.17) is 11.5 Å². The van der Waals surface area contributed by atoms with Crippen molar-refractivity contribution >= 4 is 28.3 Å². The number of primary amides is 1. The number of anilines is 2. The second-order valence-electron chi connectivity index (χ2n) is 7.95. The highest BCUT2D eigenvalue weighted by molar-refractivity contribution is 5.88. The molecule has 1 atom stereocenters. The van der Waals surface area contributed by atoms with Gasteiger partial charge in [0.1, 0.15) is 5.82 Å². The van der Waals surface area contributed by atoms with Gasteiger partial charge in [0.15, 0.2) is 0 Å². The fourth-order valence-electron chi connectivity index (χ4n) is 4.21. The third-order valence-electron chi connectivity index (χ3n) is 5.70. The molecule has 1 saturated heterocycles. The summed E-state index contributed by atoms with van der Waals surface area (Å²) >= 11 is 0. The van der Waals surface area contributed by atoms with E-state index in [1.54, 1.807) is 0 Å². The zero-order valence-electron chi connectivity index (χ0n) is 16.8. The molecule has 1 unspecified atom stereocenters. The van der Waals surface area contributed by atoms with Gasteiger partial charge in [-0.25, -0.2) is 4.98 Å². The van der Waals surface area contributed by atoms with E-state index >= 15 is 0 Å². The molecular formula is C23H27N5O. The van der Waals surface area contributed by atoms with Crippen molar-refractivity contribution in [2.45, 2.75) is 32.6 Å². The lowest BCUT2D eigenvalue weighted by Gasteiger charge is -2.35. The number of piperidine rings is 1. The van der Waals surface area contributed by atoms with Gasteiger partial charge in [-0.05, 0) is 55.9 Å². The Labute approximate surface area is 170 Å². The van der Waals surface area contributed by atoms with Gasteiger partial charge in [-0.2, -0.15) is 0 Å². The smallest absolute Gasteiger partial charge is 0.217 e. The monoisotopic (exact) mass is 389 g/mol. The molecule has 3 aromatic rings. The molecule has 1 amide bonds. The Balaban J connectivity index is 1.67. The average molecular weight is 390 g/mol. The summed E-state index contributed by atoms with van der Waals surface area (Å²) in [5.41, 5.74) is 16.7. The highest BCUT2D eigenvalue weighted by Gasteiger charge is 2.23. The first-order chi connectivity index (χ1) is 14.0. The van der Waals surface area contributed by atoms with Crippen molar-refractivity contribution in [3.63, 3.8) is 0 Å². The summed E-state index contributed by atoms with van der Waals surface area (Å²) < 4.78 is 0. The van der Waals surface area contributed by atoms with Crippen molar-refractivity contribution in [3.05, 3.63) is 48.3 Å². The maximum Gasteiger partial charge on any atom is 0.217 e. The predicted octanol–water partition coefficient (Wildman–Crippen LogP) is 3.67. The molecule has 4 rings (SSSR count). The number of aryl methyl sites for hydroxylation is 1. The van der Waals surface area contributed by atoms with E-state index in [9.17, 15) is 4.79 Å². The second kappa shape index (κ2) is 8.07. The molecule has 150 valence electrons. The third kappa shape index (κ3) is 4.31. The van der Waals surface area contributed by atoms with Crippen molar-refractivity contribution < 1.29 is 4.79 Å². The Hall–Kier alpha value is -3.15. The van der Waals surface area contributed by atoms with Gasteiger partial charge >= 0.3 is 0 Å². The van der Waals surface area contributed by atoms with Crippen molar-refractivity contribution in [1.29, 1.82) is 0 Å². The van der Waals surface area contributed by atoms with E-state index in [-0.39, 0.29) is 5.91 Å². The zero-order chi connectivity index (χ0) is 20.4. The Morgan fingerprint density at radius 2 is 2.10 bits per heavy atom. The lowest BCUT2D eigenvalue weighted by molar-refractivity contribution is -0.118. The van der Waals surface area contributed by atoms with Crippen LogP contribution in [-0.2, 0) is 4.79 Å².